The maximum atomic E-state index is 12.2. The smallest absolute Gasteiger partial charge is 0.289 e. The van der Waals surface area contributed by atoms with Crippen LogP contribution in [0.15, 0.2) is 16.5 Å². The molecular formula is C13H19ClN2O2. The Labute approximate surface area is 112 Å². The number of rotatable bonds is 4. The van der Waals surface area contributed by atoms with Crippen molar-refractivity contribution in [3.8, 4) is 0 Å². The standard InChI is InChI=1S/C13H19ClN2O2/c1-2-16(9-10-5-7-15-8-6-10)13(17)11-3-4-12(14)18-11/h3-4,10,15H,2,5-9H2,1H3. The minimum atomic E-state index is -0.0667. The molecule has 1 aromatic heterocycles. The molecule has 0 saturated carbocycles. The Morgan fingerprint density at radius 2 is 2.22 bits per heavy atom. The molecule has 1 aliphatic heterocycles. The van der Waals surface area contributed by atoms with Gasteiger partial charge in [0.15, 0.2) is 11.0 Å². The predicted molar refractivity (Wildman–Crippen MR) is 70.9 cm³/mol. The number of piperidine rings is 1. The lowest BCUT2D eigenvalue weighted by Crippen LogP contribution is -2.39. The van der Waals surface area contributed by atoms with Crippen LogP contribution in [0.3, 0.4) is 0 Å². The van der Waals surface area contributed by atoms with Gasteiger partial charge in [0.25, 0.3) is 5.91 Å². The molecule has 5 heteroatoms. The van der Waals surface area contributed by atoms with Crippen LogP contribution in [-0.2, 0) is 0 Å². The van der Waals surface area contributed by atoms with Gasteiger partial charge in [-0.15, -0.1) is 0 Å². The van der Waals surface area contributed by atoms with E-state index >= 15 is 0 Å². The van der Waals surface area contributed by atoms with Crippen LogP contribution in [0.5, 0.6) is 0 Å². The number of hydrogen-bond acceptors (Lipinski definition) is 3. The highest BCUT2D eigenvalue weighted by molar-refractivity contribution is 6.29. The first-order chi connectivity index (χ1) is 8.70. The van der Waals surface area contributed by atoms with Crippen molar-refractivity contribution < 1.29 is 9.21 Å². The maximum Gasteiger partial charge on any atom is 0.289 e. The molecule has 1 aromatic rings. The Morgan fingerprint density at radius 3 is 2.78 bits per heavy atom. The monoisotopic (exact) mass is 270 g/mol. The number of hydrogen-bond donors (Lipinski definition) is 1. The van der Waals surface area contributed by atoms with E-state index in [1.54, 1.807) is 12.1 Å². The summed E-state index contributed by atoms with van der Waals surface area (Å²) in [4.78, 5) is 14.1. The van der Waals surface area contributed by atoms with Gasteiger partial charge in [-0.25, -0.2) is 0 Å². The van der Waals surface area contributed by atoms with Crippen LogP contribution in [-0.4, -0.2) is 37.0 Å². The van der Waals surface area contributed by atoms with Crippen molar-refractivity contribution in [3.05, 3.63) is 23.1 Å². The predicted octanol–water partition coefficient (Wildman–Crippen LogP) is 2.39. The molecule has 4 nitrogen and oxygen atoms in total. The fourth-order valence-electron chi connectivity index (χ4n) is 2.32. The Bertz CT molecular complexity index is 399. The molecule has 1 saturated heterocycles. The SMILES string of the molecule is CCN(CC1CCNCC1)C(=O)c1ccc(Cl)o1. The second-order valence-electron chi connectivity index (χ2n) is 4.64. The molecular weight excluding hydrogens is 252 g/mol. The third-order valence-corrected chi connectivity index (χ3v) is 3.59. The average molecular weight is 271 g/mol. The van der Waals surface area contributed by atoms with Gasteiger partial charge in [0.1, 0.15) is 0 Å². The summed E-state index contributed by atoms with van der Waals surface area (Å²) >= 11 is 5.70. The Morgan fingerprint density at radius 1 is 1.50 bits per heavy atom. The number of carbonyl (C=O) groups excluding carboxylic acids is 1. The fraction of sp³-hybridized carbons (Fsp3) is 0.615. The molecule has 1 fully saturated rings. The van der Waals surface area contributed by atoms with E-state index in [1.165, 1.54) is 0 Å². The number of carbonyl (C=O) groups is 1. The van der Waals surface area contributed by atoms with Crippen molar-refractivity contribution in [2.24, 2.45) is 5.92 Å². The van der Waals surface area contributed by atoms with E-state index in [9.17, 15) is 4.79 Å². The third kappa shape index (κ3) is 3.27. The van der Waals surface area contributed by atoms with E-state index in [0.29, 0.717) is 18.2 Å². The highest BCUT2D eigenvalue weighted by Crippen LogP contribution is 2.18. The second-order valence-corrected chi connectivity index (χ2v) is 5.01. The van der Waals surface area contributed by atoms with Crippen molar-refractivity contribution >= 4 is 17.5 Å². The number of halogens is 1. The van der Waals surface area contributed by atoms with Gasteiger partial charge in [-0.1, -0.05) is 0 Å². The van der Waals surface area contributed by atoms with E-state index in [1.807, 2.05) is 11.8 Å². The van der Waals surface area contributed by atoms with E-state index < -0.39 is 0 Å². The molecule has 0 bridgehead atoms. The summed E-state index contributed by atoms with van der Waals surface area (Å²) in [5, 5.41) is 3.59. The van der Waals surface area contributed by atoms with Gasteiger partial charge in [-0.05, 0) is 62.5 Å². The van der Waals surface area contributed by atoms with Gasteiger partial charge in [0.2, 0.25) is 0 Å². The van der Waals surface area contributed by atoms with Crippen LogP contribution < -0.4 is 5.32 Å². The summed E-state index contributed by atoms with van der Waals surface area (Å²) in [7, 11) is 0. The lowest BCUT2D eigenvalue weighted by molar-refractivity contribution is 0.0695. The van der Waals surface area contributed by atoms with Gasteiger partial charge in [-0.3, -0.25) is 4.79 Å². The molecule has 2 rings (SSSR count). The highest BCUT2D eigenvalue weighted by Gasteiger charge is 2.22. The lowest BCUT2D eigenvalue weighted by atomic mass is 9.97. The molecule has 18 heavy (non-hydrogen) atoms. The van der Waals surface area contributed by atoms with Crippen LogP contribution in [0.2, 0.25) is 5.22 Å². The topological polar surface area (TPSA) is 45.5 Å². The van der Waals surface area contributed by atoms with E-state index in [-0.39, 0.29) is 11.1 Å². The number of amides is 1. The minimum absolute atomic E-state index is 0.0667. The summed E-state index contributed by atoms with van der Waals surface area (Å²) < 4.78 is 5.18. The van der Waals surface area contributed by atoms with E-state index in [4.69, 9.17) is 16.0 Å². The van der Waals surface area contributed by atoms with Crippen LogP contribution in [0.25, 0.3) is 0 Å². The minimum Gasteiger partial charge on any atom is -0.440 e. The zero-order chi connectivity index (χ0) is 13.0. The number of nitrogens with one attached hydrogen (secondary N) is 1. The summed E-state index contributed by atoms with van der Waals surface area (Å²) in [6, 6.07) is 3.24. The van der Waals surface area contributed by atoms with Crippen molar-refractivity contribution in [3.63, 3.8) is 0 Å². The van der Waals surface area contributed by atoms with Crippen molar-refractivity contribution in [2.45, 2.75) is 19.8 Å². The zero-order valence-electron chi connectivity index (χ0n) is 10.6. The van der Waals surface area contributed by atoms with Crippen LogP contribution in [0, 0.1) is 5.92 Å². The molecule has 1 N–H and O–H groups in total. The molecule has 0 unspecified atom stereocenters. The molecule has 1 amide bonds. The lowest BCUT2D eigenvalue weighted by Gasteiger charge is -2.28. The maximum absolute atomic E-state index is 12.2. The largest absolute Gasteiger partial charge is 0.440 e. The Kier molecular flexibility index (Phi) is 4.66. The molecule has 100 valence electrons. The second kappa shape index (κ2) is 6.25. The molecule has 1 aliphatic rings. The van der Waals surface area contributed by atoms with Crippen LogP contribution in [0.4, 0.5) is 0 Å². The summed E-state index contributed by atoms with van der Waals surface area (Å²) in [5.41, 5.74) is 0. The first kappa shape index (κ1) is 13.4. The van der Waals surface area contributed by atoms with Crippen molar-refractivity contribution in [1.29, 1.82) is 0 Å². The third-order valence-electron chi connectivity index (χ3n) is 3.39. The summed E-state index contributed by atoms with van der Waals surface area (Å²) in [6.45, 7) is 5.58. The first-order valence-electron chi connectivity index (χ1n) is 6.46. The van der Waals surface area contributed by atoms with Gasteiger partial charge >= 0.3 is 0 Å². The molecule has 0 aliphatic carbocycles. The van der Waals surface area contributed by atoms with E-state index in [0.717, 1.165) is 32.5 Å². The number of furan rings is 1. The molecule has 0 aromatic carbocycles. The van der Waals surface area contributed by atoms with Gasteiger partial charge in [0.05, 0.1) is 0 Å². The number of nitrogens with zero attached hydrogens (tertiary/aromatic N) is 1. The highest BCUT2D eigenvalue weighted by atomic mass is 35.5. The Hall–Kier alpha value is -1.00. The van der Waals surface area contributed by atoms with Gasteiger partial charge < -0.3 is 14.6 Å². The average Bonchev–Trinajstić information content (AvgIpc) is 2.83. The van der Waals surface area contributed by atoms with Crippen molar-refractivity contribution in [2.75, 3.05) is 26.2 Å². The van der Waals surface area contributed by atoms with Gasteiger partial charge in [-0.2, -0.15) is 0 Å². The van der Waals surface area contributed by atoms with Crippen LogP contribution in [0.1, 0.15) is 30.3 Å². The normalized spacial score (nSPS) is 16.8. The fourth-order valence-corrected chi connectivity index (χ4v) is 2.46. The molecule has 0 radical (unpaired) electrons. The Balaban J connectivity index is 1.97. The zero-order valence-corrected chi connectivity index (χ0v) is 11.4. The quantitative estimate of drug-likeness (QED) is 0.914. The van der Waals surface area contributed by atoms with Gasteiger partial charge in [0, 0.05) is 13.1 Å². The summed E-state index contributed by atoms with van der Waals surface area (Å²) in [6.07, 6.45) is 2.26. The van der Waals surface area contributed by atoms with E-state index in [2.05, 4.69) is 5.32 Å². The summed E-state index contributed by atoms with van der Waals surface area (Å²) in [5.74, 6) is 0.847. The molecule has 0 spiro atoms. The molecule has 0 atom stereocenters. The molecule has 2 heterocycles. The van der Waals surface area contributed by atoms with Crippen LogP contribution >= 0.6 is 11.6 Å². The van der Waals surface area contributed by atoms with Crippen molar-refractivity contribution in [1.82, 2.24) is 10.2 Å². The first-order valence-corrected chi connectivity index (χ1v) is 6.84.